The molecular weight excluding hydrogens is 363 g/mol. The number of nitrogens with two attached hydrogens (primary N) is 1. The van der Waals surface area contributed by atoms with Gasteiger partial charge < -0.3 is 26.0 Å². The Bertz CT molecular complexity index is 678. The van der Waals surface area contributed by atoms with Gasteiger partial charge in [-0.05, 0) is 56.0 Å². The van der Waals surface area contributed by atoms with E-state index in [1.165, 1.54) is 0 Å². The number of carbonyl (C=O) groups is 2. The molecule has 1 fully saturated rings. The minimum atomic E-state index is -2.08. The summed E-state index contributed by atoms with van der Waals surface area (Å²) >= 11 is 0. The highest BCUT2D eigenvalue weighted by Crippen LogP contribution is 2.25. The third kappa shape index (κ3) is 6.03. The van der Waals surface area contributed by atoms with Gasteiger partial charge in [-0.25, -0.2) is 4.79 Å². The number of likely N-dealkylation sites (tertiary alicyclic amines) is 1. The molecule has 8 nitrogen and oxygen atoms in total. The number of hydrogen-bond donors (Lipinski definition) is 5. The predicted octanol–water partition coefficient (Wildman–Crippen LogP) is 0.951. The standard InChI is InChI=1S/C19H29BN2O6/c21-19(18(25)26,20(27)28)9-2-1-4-14-7-10-22(11-8-14)13-15-5-3-6-16(12-15)17(23)24/h3,5-6,12,14,27-28H,1-2,4,7-11,13,21H2,(H,23,24)(H,25,26). The molecule has 1 aromatic carbocycles. The van der Waals surface area contributed by atoms with Crippen molar-refractivity contribution in [3.05, 3.63) is 35.4 Å². The molecular formula is C19H29BN2O6. The van der Waals surface area contributed by atoms with Crippen molar-refractivity contribution in [2.45, 2.75) is 50.5 Å². The summed E-state index contributed by atoms with van der Waals surface area (Å²) in [7, 11) is -2.08. The number of benzene rings is 1. The molecule has 2 rings (SSSR count). The van der Waals surface area contributed by atoms with Crippen LogP contribution in [0.3, 0.4) is 0 Å². The molecule has 1 aliphatic heterocycles. The topological polar surface area (TPSA) is 144 Å². The molecule has 1 atom stereocenters. The molecule has 0 spiro atoms. The third-order valence-electron chi connectivity index (χ3n) is 5.60. The molecule has 0 bridgehead atoms. The SMILES string of the molecule is NC(CCCCC1CCN(Cc2cccc(C(=O)O)c2)CC1)(B(O)O)C(=O)O. The first kappa shape index (κ1) is 22.4. The molecule has 6 N–H and O–H groups in total. The van der Waals surface area contributed by atoms with Crippen LogP contribution in [0.5, 0.6) is 0 Å². The molecule has 1 aromatic rings. The Balaban J connectivity index is 1.71. The van der Waals surface area contributed by atoms with Crippen molar-refractivity contribution >= 4 is 19.1 Å². The quantitative estimate of drug-likeness (QED) is 0.292. The first-order valence-corrected chi connectivity index (χ1v) is 9.65. The van der Waals surface area contributed by atoms with Crippen LogP contribution < -0.4 is 5.73 Å². The van der Waals surface area contributed by atoms with Gasteiger partial charge in [0.15, 0.2) is 0 Å². The van der Waals surface area contributed by atoms with Crippen molar-refractivity contribution in [1.82, 2.24) is 4.90 Å². The zero-order valence-corrected chi connectivity index (χ0v) is 16.0. The maximum absolute atomic E-state index is 11.1. The van der Waals surface area contributed by atoms with E-state index < -0.39 is 24.5 Å². The molecule has 1 saturated heterocycles. The second-order valence-electron chi connectivity index (χ2n) is 7.69. The molecule has 0 aromatic heterocycles. The fourth-order valence-corrected chi connectivity index (χ4v) is 3.69. The molecule has 0 saturated carbocycles. The summed E-state index contributed by atoms with van der Waals surface area (Å²) in [6.07, 6.45) is 4.38. The van der Waals surface area contributed by atoms with Gasteiger partial charge in [-0.3, -0.25) is 9.69 Å². The first-order valence-electron chi connectivity index (χ1n) is 9.65. The second-order valence-corrected chi connectivity index (χ2v) is 7.69. The van der Waals surface area contributed by atoms with E-state index in [-0.39, 0.29) is 6.42 Å². The lowest BCUT2D eigenvalue weighted by Gasteiger charge is -2.32. The number of carboxylic acid groups (broad SMARTS) is 2. The Morgan fingerprint density at radius 2 is 1.86 bits per heavy atom. The number of hydrogen-bond acceptors (Lipinski definition) is 6. The zero-order valence-electron chi connectivity index (χ0n) is 16.0. The lowest BCUT2D eigenvalue weighted by molar-refractivity contribution is -0.141. The van der Waals surface area contributed by atoms with Crippen LogP contribution in [0.1, 0.15) is 54.4 Å². The van der Waals surface area contributed by atoms with E-state index in [0.29, 0.717) is 17.9 Å². The fourth-order valence-electron chi connectivity index (χ4n) is 3.69. The van der Waals surface area contributed by atoms with Crippen molar-refractivity contribution in [2.24, 2.45) is 11.7 Å². The Kier molecular flexibility index (Phi) is 8.00. The Hall–Kier alpha value is -1.94. The smallest absolute Gasteiger partial charge is 0.480 e. The van der Waals surface area contributed by atoms with Gasteiger partial charge in [0.2, 0.25) is 0 Å². The number of unbranched alkanes of at least 4 members (excludes halogenated alkanes) is 1. The number of piperidine rings is 1. The van der Waals surface area contributed by atoms with Crippen molar-refractivity contribution in [3.8, 4) is 0 Å². The van der Waals surface area contributed by atoms with Crippen LogP contribution in [0.25, 0.3) is 0 Å². The van der Waals surface area contributed by atoms with Crippen LogP contribution in [-0.4, -0.2) is 62.7 Å². The zero-order chi connectivity index (χ0) is 20.7. The summed E-state index contributed by atoms with van der Waals surface area (Å²) in [5.74, 6) is -1.76. The van der Waals surface area contributed by atoms with Gasteiger partial charge in [0.25, 0.3) is 0 Å². The van der Waals surface area contributed by atoms with Crippen molar-refractivity contribution in [2.75, 3.05) is 13.1 Å². The van der Waals surface area contributed by atoms with E-state index in [1.54, 1.807) is 18.2 Å². The molecule has 0 radical (unpaired) electrons. The van der Waals surface area contributed by atoms with Crippen molar-refractivity contribution < 1.29 is 29.9 Å². The minimum Gasteiger partial charge on any atom is -0.480 e. The van der Waals surface area contributed by atoms with E-state index in [1.807, 2.05) is 6.07 Å². The maximum atomic E-state index is 11.1. The van der Waals surface area contributed by atoms with Gasteiger partial charge in [-0.2, -0.15) is 0 Å². The molecule has 1 aliphatic rings. The van der Waals surface area contributed by atoms with Gasteiger partial charge in [-0.1, -0.05) is 31.4 Å². The third-order valence-corrected chi connectivity index (χ3v) is 5.60. The van der Waals surface area contributed by atoms with Gasteiger partial charge in [0, 0.05) is 6.54 Å². The summed E-state index contributed by atoms with van der Waals surface area (Å²) in [4.78, 5) is 24.5. The Morgan fingerprint density at radius 3 is 2.43 bits per heavy atom. The number of aromatic carboxylic acids is 1. The molecule has 9 heteroatoms. The van der Waals surface area contributed by atoms with E-state index in [4.69, 9.17) is 15.9 Å². The fraction of sp³-hybridized carbons (Fsp3) is 0.579. The summed E-state index contributed by atoms with van der Waals surface area (Å²) in [6.45, 7) is 2.61. The van der Waals surface area contributed by atoms with Crippen LogP contribution in [0, 0.1) is 5.92 Å². The summed E-state index contributed by atoms with van der Waals surface area (Å²) < 4.78 is 0. The van der Waals surface area contributed by atoms with E-state index in [2.05, 4.69) is 4.90 Å². The molecule has 0 amide bonds. The highest BCUT2D eigenvalue weighted by molar-refractivity contribution is 6.51. The lowest BCUT2D eigenvalue weighted by atomic mass is 9.63. The summed E-state index contributed by atoms with van der Waals surface area (Å²) in [5, 5.41) is 36.5. The number of rotatable bonds is 10. The highest BCUT2D eigenvalue weighted by atomic mass is 16.4. The van der Waals surface area contributed by atoms with Crippen molar-refractivity contribution in [3.63, 3.8) is 0 Å². The van der Waals surface area contributed by atoms with E-state index in [9.17, 15) is 19.6 Å². The van der Waals surface area contributed by atoms with Crippen LogP contribution in [0.4, 0.5) is 0 Å². The summed E-state index contributed by atoms with van der Waals surface area (Å²) in [5.41, 5.74) is 4.87. The minimum absolute atomic E-state index is 0.0266. The van der Waals surface area contributed by atoms with Gasteiger partial charge in [0.1, 0.15) is 5.44 Å². The Morgan fingerprint density at radius 1 is 1.18 bits per heavy atom. The number of carboxylic acids is 2. The van der Waals surface area contributed by atoms with Crippen molar-refractivity contribution in [1.29, 1.82) is 0 Å². The van der Waals surface area contributed by atoms with Gasteiger partial charge >= 0.3 is 19.1 Å². The molecule has 28 heavy (non-hydrogen) atoms. The molecule has 1 heterocycles. The Labute approximate surface area is 165 Å². The lowest BCUT2D eigenvalue weighted by Crippen LogP contribution is -2.60. The average molecular weight is 392 g/mol. The molecule has 154 valence electrons. The van der Waals surface area contributed by atoms with E-state index >= 15 is 0 Å². The van der Waals surface area contributed by atoms with Crippen LogP contribution in [0.15, 0.2) is 24.3 Å². The van der Waals surface area contributed by atoms with Crippen LogP contribution >= 0.6 is 0 Å². The second kappa shape index (κ2) is 10.0. The van der Waals surface area contributed by atoms with E-state index in [0.717, 1.165) is 50.9 Å². The molecule has 0 aliphatic carbocycles. The maximum Gasteiger partial charge on any atom is 0.484 e. The summed E-state index contributed by atoms with van der Waals surface area (Å²) in [6, 6.07) is 7.01. The number of nitrogens with zero attached hydrogens (tertiary/aromatic N) is 1. The van der Waals surface area contributed by atoms with Gasteiger partial charge in [-0.15, -0.1) is 0 Å². The monoisotopic (exact) mass is 392 g/mol. The average Bonchev–Trinajstić information content (AvgIpc) is 2.66. The predicted molar refractivity (Wildman–Crippen MR) is 105 cm³/mol. The largest absolute Gasteiger partial charge is 0.484 e. The van der Waals surface area contributed by atoms with Crippen LogP contribution in [-0.2, 0) is 11.3 Å². The van der Waals surface area contributed by atoms with Crippen LogP contribution in [0.2, 0.25) is 0 Å². The first-order chi connectivity index (χ1) is 13.2. The van der Waals surface area contributed by atoms with Gasteiger partial charge in [0.05, 0.1) is 5.56 Å². The number of aliphatic carboxylic acids is 1. The normalized spacial score (nSPS) is 17.8. The molecule has 1 unspecified atom stereocenters. The highest BCUT2D eigenvalue weighted by Gasteiger charge is 2.45.